The van der Waals surface area contributed by atoms with Gasteiger partial charge in [-0.25, -0.2) is 0 Å². The molecule has 0 amide bonds. The summed E-state index contributed by atoms with van der Waals surface area (Å²) in [5, 5.41) is 0. The molecule has 0 aliphatic heterocycles. The maximum atomic E-state index is 5.82. The van der Waals surface area contributed by atoms with Crippen molar-refractivity contribution in [3.8, 4) is 17.2 Å². The summed E-state index contributed by atoms with van der Waals surface area (Å²) >= 11 is 0. The van der Waals surface area contributed by atoms with Crippen LogP contribution in [0.1, 0.15) is 23.6 Å². The SMILES string of the molecule is CCOc1cc(CCN)ccc1OCCOc1ccc(C)c(C)c1. The normalized spacial score (nSPS) is 10.5. The topological polar surface area (TPSA) is 53.7 Å². The first-order valence-corrected chi connectivity index (χ1v) is 8.42. The molecule has 0 aliphatic rings. The molecule has 2 rings (SSSR count). The summed E-state index contributed by atoms with van der Waals surface area (Å²) in [6.45, 7) is 8.29. The number of nitrogens with two attached hydrogens (primary N) is 1. The van der Waals surface area contributed by atoms with Gasteiger partial charge < -0.3 is 19.9 Å². The van der Waals surface area contributed by atoms with Crippen molar-refractivity contribution in [3.05, 3.63) is 53.1 Å². The van der Waals surface area contributed by atoms with Crippen molar-refractivity contribution in [2.24, 2.45) is 5.73 Å². The van der Waals surface area contributed by atoms with Crippen LogP contribution >= 0.6 is 0 Å². The third kappa shape index (κ3) is 5.17. The first-order valence-electron chi connectivity index (χ1n) is 8.42. The van der Waals surface area contributed by atoms with Crippen LogP contribution in [0.3, 0.4) is 0 Å². The van der Waals surface area contributed by atoms with E-state index in [0.29, 0.717) is 26.4 Å². The Kier molecular flexibility index (Phi) is 6.94. The Hall–Kier alpha value is -2.20. The molecule has 0 bridgehead atoms. The fourth-order valence-corrected chi connectivity index (χ4v) is 2.38. The fraction of sp³-hybridized carbons (Fsp3) is 0.400. The van der Waals surface area contributed by atoms with Crippen LogP contribution < -0.4 is 19.9 Å². The summed E-state index contributed by atoms with van der Waals surface area (Å²) in [6, 6.07) is 12.0. The van der Waals surface area contributed by atoms with Gasteiger partial charge in [0.05, 0.1) is 6.61 Å². The molecule has 0 unspecified atom stereocenters. The molecule has 4 heteroatoms. The predicted octanol–water partition coefficient (Wildman–Crippen LogP) is 3.66. The van der Waals surface area contributed by atoms with Crippen molar-refractivity contribution < 1.29 is 14.2 Å². The standard InChI is InChI=1S/C20H27NO3/c1-4-22-20-14-17(9-10-21)6-8-19(20)24-12-11-23-18-7-5-15(2)16(3)13-18/h5-8,13-14H,4,9-12,21H2,1-3H3. The molecule has 0 aliphatic carbocycles. The molecular weight excluding hydrogens is 302 g/mol. The van der Waals surface area contributed by atoms with Gasteiger partial charge >= 0.3 is 0 Å². The molecule has 0 fully saturated rings. The Balaban J connectivity index is 1.89. The molecule has 130 valence electrons. The van der Waals surface area contributed by atoms with Gasteiger partial charge in [0.25, 0.3) is 0 Å². The summed E-state index contributed by atoms with van der Waals surface area (Å²) in [6.07, 6.45) is 0.830. The zero-order valence-electron chi connectivity index (χ0n) is 14.8. The van der Waals surface area contributed by atoms with Crippen LogP contribution in [0.15, 0.2) is 36.4 Å². The largest absolute Gasteiger partial charge is 0.490 e. The monoisotopic (exact) mass is 329 g/mol. The zero-order valence-corrected chi connectivity index (χ0v) is 14.8. The van der Waals surface area contributed by atoms with Crippen LogP contribution in [0, 0.1) is 13.8 Å². The van der Waals surface area contributed by atoms with Gasteiger partial charge in [0.1, 0.15) is 19.0 Å². The van der Waals surface area contributed by atoms with Gasteiger partial charge in [-0.3, -0.25) is 0 Å². The van der Waals surface area contributed by atoms with Crippen LogP contribution in [0.2, 0.25) is 0 Å². The van der Waals surface area contributed by atoms with Crippen LogP contribution in [0.4, 0.5) is 0 Å². The molecule has 0 heterocycles. The molecule has 2 aromatic carbocycles. The lowest BCUT2D eigenvalue weighted by atomic mass is 10.1. The van der Waals surface area contributed by atoms with Crippen molar-refractivity contribution >= 4 is 0 Å². The molecule has 2 N–H and O–H groups in total. The molecular formula is C20H27NO3. The second-order valence-electron chi connectivity index (χ2n) is 5.70. The van der Waals surface area contributed by atoms with E-state index in [1.807, 2.05) is 37.3 Å². The van der Waals surface area contributed by atoms with E-state index in [0.717, 1.165) is 29.2 Å². The zero-order chi connectivity index (χ0) is 17.4. The van der Waals surface area contributed by atoms with Crippen molar-refractivity contribution in [3.63, 3.8) is 0 Å². The van der Waals surface area contributed by atoms with Gasteiger partial charge in [-0.15, -0.1) is 0 Å². The average molecular weight is 329 g/mol. The Bertz CT molecular complexity index is 655. The van der Waals surface area contributed by atoms with Crippen molar-refractivity contribution in [1.29, 1.82) is 0 Å². The van der Waals surface area contributed by atoms with Gasteiger partial charge in [0, 0.05) is 0 Å². The van der Waals surface area contributed by atoms with Gasteiger partial charge in [-0.1, -0.05) is 12.1 Å². The molecule has 0 atom stereocenters. The third-order valence-electron chi connectivity index (χ3n) is 3.83. The second kappa shape index (κ2) is 9.18. The van der Waals surface area contributed by atoms with E-state index in [1.54, 1.807) is 0 Å². The molecule has 0 aromatic heterocycles. The van der Waals surface area contributed by atoms with Gasteiger partial charge in [0.15, 0.2) is 11.5 Å². The number of aryl methyl sites for hydroxylation is 2. The summed E-state index contributed by atoms with van der Waals surface area (Å²) in [5.41, 5.74) is 9.25. The van der Waals surface area contributed by atoms with E-state index in [1.165, 1.54) is 11.1 Å². The quantitative estimate of drug-likeness (QED) is 0.713. The molecule has 4 nitrogen and oxygen atoms in total. The number of hydrogen-bond acceptors (Lipinski definition) is 4. The Morgan fingerprint density at radius 1 is 0.833 bits per heavy atom. The van der Waals surface area contributed by atoms with Crippen LogP contribution in [-0.2, 0) is 6.42 Å². The fourth-order valence-electron chi connectivity index (χ4n) is 2.38. The lowest BCUT2D eigenvalue weighted by Crippen LogP contribution is -2.10. The Labute approximate surface area is 144 Å². The van der Waals surface area contributed by atoms with Crippen LogP contribution in [-0.4, -0.2) is 26.4 Å². The average Bonchev–Trinajstić information content (AvgIpc) is 2.57. The maximum absolute atomic E-state index is 5.82. The summed E-state index contributed by atoms with van der Waals surface area (Å²) < 4.78 is 17.2. The Morgan fingerprint density at radius 3 is 2.33 bits per heavy atom. The minimum atomic E-state index is 0.462. The Morgan fingerprint density at radius 2 is 1.62 bits per heavy atom. The summed E-state index contributed by atoms with van der Waals surface area (Å²) in [5.74, 6) is 2.36. The molecule has 0 saturated carbocycles. The van der Waals surface area contributed by atoms with Gasteiger partial charge in [0.2, 0.25) is 0 Å². The summed E-state index contributed by atoms with van der Waals surface area (Å²) in [4.78, 5) is 0. The molecule has 0 saturated heterocycles. The van der Waals surface area contributed by atoms with Crippen molar-refractivity contribution in [2.45, 2.75) is 27.2 Å². The molecule has 2 aromatic rings. The third-order valence-corrected chi connectivity index (χ3v) is 3.83. The number of hydrogen-bond donors (Lipinski definition) is 1. The van der Waals surface area contributed by atoms with E-state index in [-0.39, 0.29) is 0 Å². The highest BCUT2D eigenvalue weighted by atomic mass is 16.5. The molecule has 24 heavy (non-hydrogen) atoms. The van der Waals surface area contributed by atoms with Crippen LogP contribution in [0.25, 0.3) is 0 Å². The number of benzene rings is 2. The minimum Gasteiger partial charge on any atom is -0.490 e. The highest BCUT2D eigenvalue weighted by Crippen LogP contribution is 2.28. The van der Waals surface area contributed by atoms with Crippen molar-refractivity contribution in [1.82, 2.24) is 0 Å². The van der Waals surface area contributed by atoms with E-state index in [9.17, 15) is 0 Å². The van der Waals surface area contributed by atoms with Gasteiger partial charge in [-0.05, 0) is 74.7 Å². The summed E-state index contributed by atoms with van der Waals surface area (Å²) in [7, 11) is 0. The second-order valence-corrected chi connectivity index (χ2v) is 5.70. The van der Waals surface area contributed by atoms with Crippen LogP contribution in [0.5, 0.6) is 17.2 Å². The highest BCUT2D eigenvalue weighted by Gasteiger charge is 2.07. The minimum absolute atomic E-state index is 0.462. The van der Waals surface area contributed by atoms with Gasteiger partial charge in [-0.2, -0.15) is 0 Å². The van der Waals surface area contributed by atoms with E-state index in [4.69, 9.17) is 19.9 Å². The highest BCUT2D eigenvalue weighted by molar-refractivity contribution is 5.43. The maximum Gasteiger partial charge on any atom is 0.161 e. The first-order chi connectivity index (χ1) is 11.6. The smallest absolute Gasteiger partial charge is 0.161 e. The van der Waals surface area contributed by atoms with Crippen molar-refractivity contribution in [2.75, 3.05) is 26.4 Å². The molecule has 0 radical (unpaired) electrons. The first kappa shape index (κ1) is 18.1. The lowest BCUT2D eigenvalue weighted by molar-refractivity contribution is 0.208. The number of ether oxygens (including phenoxy) is 3. The molecule has 0 spiro atoms. The van der Waals surface area contributed by atoms with E-state index in [2.05, 4.69) is 19.9 Å². The lowest BCUT2D eigenvalue weighted by Gasteiger charge is -2.14. The van der Waals surface area contributed by atoms with E-state index < -0.39 is 0 Å². The predicted molar refractivity (Wildman–Crippen MR) is 97.3 cm³/mol. The van der Waals surface area contributed by atoms with E-state index >= 15 is 0 Å². The number of rotatable bonds is 9.